The van der Waals surface area contributed by atoms with Crippen molar-refractivity contribution in [1.29, 1.82) is 0 Å². The first-order valence-electron chi connectivity index (χ1n) is 6.20. The molecule has 20 heavy (non-hydrogen) atoms. The highest BCUT2D eigenvalue weighted by Gasteiger charge is 2.21. The van der Waals surface area contributed by atoms with E-state index < -0.39 is 23.8 Å². The van der Waals surface area contributed by atoms with E-state index >= 15 is 0 Å². The number of aliphatic carboxylic acids is 1. The van der Waals surface area contributed by atoms with Crippen LogP contribution in [0.3, 0.4) is 0 Å². The Labute approximate surface area is 117 Å². The Morgan fingerprint density at radius 2 is 1.90 bits per heavy atom. The van der Waals surface area contributed by atoms with Gasteiger partial charge < -0.3 is 16.2 Å². The fourth-order valence-corrected chi connectivity index (χ4v) is 1.67. The lowest BCUT2D eigenvalue weighted by Crippen LogP contribution is -2.41. The van der Waals surface area contributed by atoms with Crippen LogP contribution in [-0.4, -0.2) is 28.9 Å². The summed E-state index contributed by atoms with van der Waals surface area (Å²) in [6.07, 6.45) is -0.120. The molecule has 0 saturated carbocycles. The van der Waals surface area contributed by atoms with Crippen LogP contribution >= 0.6 is 0 Å². The van der Waals surface area contributed by atoms with Crippen LogP contribution in [0.5, 0.6) is 0 Å². The second-order valence-corrected chi connectivity index (χ2v) is 4.67. The monoisotopic (exact) mass is 278 g/mol. The van der Waals surface area contributed by atoms with Gasteiger partial charge in [-0.05, 0) is 43.5 Å². The first-order chi connectivity index (χ1) is 9.31. The molecule has 0 unspecified atom stereocenters. The van der Waals surface area contributed by atoms with Crippen molar-refractivity contribution in [3.05, 3.63) is 34.9 Å². The van der Waals surface area contributed by atoms with Gasteiger partial charge in [0.05, 0.1) is 0 Å². The minimum Gasteiger partial charge on any atom is -0.480 e. The second kappa shape index (κ2) is 6.70. The summed E-state index contributed by atoms with van der Waals surface area (Å²) in [5.74, 6) is -2.27. The molecule has 6 nitrogen and oxygen atoms in total. The zero-order chi connectivity index (χ0) is 15.3. The van der Waals surface area contributed by atoms with Crippen LogP contribution < -0.4 is 11.1 Å². The van der Waals surface area contributed by atoms with Crippen molar-refractivity contribution in [1.82, 2.24) is 5.32 Å². The van der Waals surface area contributed by atoms with Crippen LogP contribution in [-0.2, 0) is 9.59 Å². The number of carbonyl (C=O) groups excluding carboxylic acids is 2. The molecule has 1 rings (SSSR count). The van der Waals surface area contributed by atoms with Gasteiger partial charge in [-0.15, -0.1) is 0 Å². The molecule has 4 N–H and O–H groups in total. The first kappa shape index (κ1) is 15.7. The number of benzene rings is 1. The molecule has 6 heteroatoms. The van der Waals surface area contributed by atoms with Gasteiger partial charge in [-0.2, -0.15) is 0 Å². The van der Waals surface area contributed by atoms with E-state index in [9.17, 15) is 14.4 Å². The lowest BCUT2D eigenvalue weighted by atomic mass is 10.1. The molecule has 0 bridgehead atoms. The molecule has 0 spiro atoms. The minimum atomic E-state index is -1.19. The maximum Gasteiger partial charge on any atom is 0.326 e. The summed E-state index contributed by atoms with van der Waals surface area (Å²) in [7, 11) is 0. The van der Waals surface area contributed by atoms with Crippen LogP contribution in [0, 0.1) is 13.8 Å². The molecule has 0 radical (unpaired) electrons. The van der Waals surface area contributed by atoms with Crippen LogP contribution in [0.4, 0.5) is 0 Å². The molecule has 0 aliphatic carbocycles. The highest BCUT2D eigenvalue weighted by molar-refractivity contribution is 5.96. The summed E-state index contributed by atoms with van der Waals surface area (Å²) in [6.45, 7) is 3.79. The molecule has 0 aliphatic rings. The molecule has 0 aromatic heterocycles. The van der Waals surface area contributed by atoms with Gasteiger partial charge in [0.25, 0.3) is 5.91 Å². The summed E-state index contributed by atoms with van der Waals surface area (Å²) in [5, 5.41) is 11.4. The molecule has 1 aromatic carbocycles. The van der Waals surface area contributed by atoms with Crippen molar-refractivity contribution in [2.24, 2.45) is 5.73 Å². The maximum atomic E-state index is 12.0. The zero-order valence-electron chi connectivity index (χ0n) is 11.5. The Morgan fingerprint density at radius 1 is 1.25 bits per heavy atom. The van der Waals surface area contributed by atoms with Gasteiger partial charge >= 0.3 is 5.97 Å². The van der Waals surface area contributed by atoms with Gasteiger partial charge in [0.15, 0.2) is 0 Å². The highest BCUT2D eigenvalue weighted by Crippen LogP contribution is 2.10. The lowest BCUT2D eigenvalue weighted by molar-refractivity contribution is -0.139. The number of primary amides is 1. The number of carboxylic acids is 1. The molecule has 0 heterocycles. The van der Waals surface area contributed by atoms with Crippen molar-refractivity contribution in [3.8, 4) is 0 Å². The van der Waals surface area contributed by atoms with Gasteiger partial charge in [-0.1, -0.05) is 6.07 Å². The molecular weight excluding hydrogens is 260 g/mol. The fourth-order valence-electron chi connectivity index (χ4n) is 1.67. The quantitative estimate of drug-likeness (QED) is 0.713. The Hall–Kier alpha value is -2.37. The fraction of sp³-hybridized carbons (Fsp3) is 0.357. The molecule has 0 fully saturated rings. The third-order valence-corrected chi connectivity index (χ3v) is 3.05. The van der Waals surface area contributed by atoms with E-state index in [1.807, 2.05) is 13.8 Å². The summed E-state index contributed by atoms with van der Waals surface area (Å²) in [5.41, 5.74) is 7.35. The first-order valence-corrected chi connectivity index (χ1v) is 6.20. The third kappa shape index (κ3) is 4.38. The number of amides is 2. The average Bonchev–Trinajstić information content (AvgIpc) is 2.36. The smallest absolute Gasteiger partial charge is 0.326 e. The molecular formula is C14H18N2O4. The van der Waals surface area contributed by atoms with Gasteiger partial charge in [0.1, 0.15) is 6.04 Å². The number of nitrogens with two attached hydrogens (primary N) is 1. The number of nitrogens with one attached hydrogen (secondary N) is 1. The van der Waals surface area contributed by atoms with E-state index in [1.165, 1.54) is 0 Å². The number of aryl methyl sites for hydroxylation is 2. The van der Waals surface area contributed by atoms with Crippen molar-refractivity contribution >= 4 is 17.8 Å². The number of rotatable bonds is 6. The molecule has 0 aliphatic heterocycles. The van der Waals surface area contributed by atoms with Crippen LogP contribution in [0.15, 0.2) is 18.2 Å². The Kier molecular flexibility index (Phi) is 5.25. The minimum absolute atomic E-state index is 0.0265. The van der Waals surface area contributed by atoms with Crippen molar-refractivity contribution in [3.63, 3.8) is 0 Å². The van der Waals surface area contributed by atoms with Gasteiger partial charge in [0.2, 0.25) is 5.91 Å². The Morgan fingerprint density at radius 3 is 2.40 bits per heavy atom. The zero-order valence-corrected chi connectivity index (χ0v) is 11.5. The van der Waals surface area contributed by atoms with E-state index in [0.717, 1.165) is 11.1 Å². The van der Waals surface area contributed by atoms with E-state index in [-0.39, 0.29) is 12.8 Å². The average molecular weight is 278 g/mol. The second-order valence-electron chi connectivity index (χ2n) is 4.67. The van der Waals surface area contributed by atoms with E-state index in [2.05, 4.69) is 5.32 Å². The summed E-state index contributed by atoms with van der Waals surface area (Å²) < 4.78 is 0. The Bertz CT molecular complexity index is 540. The van der Waals surface area contributed by atoms with Crippen LogP contribution in [0.2, 0.25) is 0 Å². The SMILES string of the molecule is Cc1ccc(C(=O)N[C@@H](CCC(N)=O)C(=O)O)cc1C. The molecule has 108 valence electrons. The largest absolute Gasteiger partial charge is 0.480 e. The molecule has 1 atom stereocenters. The summed E-state index contributed by atoms with van der Waals surface area (Å²) in [4.78, 5) is 33.7. The summed E-state index contributed by atoms with van der Waals surface area (Å²) in [6, 6.07) is 3.99. The lowest BCUT2D eigenvalue weighted by Gasteiger charge is -2.14. The van der Waals surface area contributed by atoms with Crippen LogP contribution in [0.1, 0.15) is 34.3 Å². The number of carboxylic acid groups (broad SMARTS) is 1. The van der Waals surface area contributed by atoms with Gasteiger partial charge in [0, 0.05) is 12.0 Å². The highest BCUT2D eigenvalue weighted by atomic mass is 16.4. The number of hydrogen-bond donors (Lipinski definition) is 3. The molecule has 1 aromatic rings. The van der Waals surface area contributed by atoms with Gasteiger partial charge in [-0.25, -0.2) is 4.79 Å². The number of carbonyl (C=O) groups is 3. The third-order valence-electron chi connectivity index (χ3n) is 3.05. The molecule has 2 amide bonds. The van der Waals surface area contributed by atoms with Gasteiger partial charge in [-0.3, -0.25) is 9.59 Å². The Balaban J connectivity index is 2.77. The topological polar surface area (TPSA) is 109 Å². The van der Waals surface area contributed by atoms with Crippen LogP contribution in [0.25, 0.3) is 0 Å². The maximum absolute atomic E-state index is 12.0. The standard InChI is InChI=1S/C14H18N2O4/c1-8-3-4-10(7-9(8)2)13(18)16-11(14(19)20)5-6-12(15)17/h3-4,7,11H,5-6H2,1-2H3,(H2,15,17)(H,16,18)(H,19,20)/t11-/m0/s1. The van der Waals surface area contributed by atoms with E-state index in [4.69, 9.17) is 10.8 Å². The van der Waals surface area contributed by atoms with Crippen molar-refractivity contribution < 1.29 is 19.5 Å². The van der Waals surface area contributed by atoms with Crippen molar-refractivity contribution in [2.75, 3.05) is 0 Å². The predicted molar refractivity (Wildman–Crippen MR) is 73.2 cm³/mol. The molecule has 0 saturated heterocycles. The number of hydrogen-bond acceptors (Lipinski definition) is 3. The normalized spacial score (nSPS) is 11.7. The summed E-state index contributed by atoms with van der Waals surface area (Å²) >= 11 is 0. The predicted octanol–water partition coefficient (Wildman–Crippen LogP) is 0.752. The van der Waals surface area contributed by atoms with E-state index in [0.29, 0.717) is 5.56 Å². The van der Waals surface area contributed by atoms with E-state index in [1.54, 1.807) is 18.2 Å². The van der Waals surface area contributed by atoms with Crippen molar-refractivity contribution in [2.45, 2.75) is 32.7 Å².